The first-order valence-corrected chi connectivity index (χ1v) is 10.1. The minimum atomic E-state index is -0.0895. The summed E-state index contributed by atoms with van der Waals surface area (Å²) >= 11 is 0. The van der Waals surface area contributed by atoms with Gasteiger partial charge in [0, 0.05) is 29.9 Å². The molecule has 0 bridgehead atoms. The van der Waals surface area contributed by atoms with Crippen molar-refractivity contribution in [3.05, 3.63) is 83.7 Å². The molecular formula is C25H24N4O2. The van der Waals surface area contributed by atoms with Gasteiger partial charge in [-0.05, 0) is 67.4 Å². The number of carbonyl (C=O) groups excluding carboxylic acids is 1. The van der Waals surface area contributed by atoms with Crippen LogP contribution in [0.25, 0.3) is 11.0 Å². The molecule has 2 heterocycles. The number of benzene rings is 2. The van der Waals surface area contributed by atoms with Crippen molar-refractivity contribution in [2.45, 2.75) is 27.4 Å². The number of amides is 1. The highest BCUT2D eigenvalue weighted by atomic mass is 16.5. The summed E-state index contributed by atoms with van der Waals surface area (Å²) in [4.78, 5) is 20.1. The van der Waals surface area contributed by atoms with E-state index in [4.69, 9.17) is 4.74 Å². The van der Waals surface area contributed by atoms with E-state index in [0.717, 1.165) is 45.0 Å². The summed E-state index contributed by atoms with van der Waals surface area (Å²) in [6.45, 7) is 5.91. The van der Waals surface area contributed by atoms with Gasteiger partial charge in [0.1, 0.15) is 12.4 Å². The lowest BCUT2D eigenvalue weighted by molar-refractivity contribution is -0.114. The fraction of sp³-hybridized carbons (Fsp3) is 0.160. The first-order chi connectivity index (χ1) is 15.0. The van der Waals surface area contributed by atoms with Crippen molar-refractivity contribution < 1.29 is 9.53 Å². The number of aryl methyl sites for hydroxylation is 2. The molecule has 0 aliphatic heterocycles. The maximum atomic E-state index is 11.2. The standard InChI is InChI=1S/C25H24N4O2/c1-16-4-11-24(31-15-19-6-8-20(9-7-19)28-18(3)30)23(14-16)29-22-12-13-26-25-21(22)10-5-17(2)27-25/h4-14H,15H2,1-3H3,(H,28,30)(H,26,27,29). The molecule has 0 fully saturated rings. The lowest BCUT2D eigenvalue weighted by atomic mass is 10.1. The summed E-state index contributed by atoms with van der Waals surface area (Å²) in [7, 11) is 0. The Morgan fingerprint density at radius 3 is 2.55 bits per heavy atom. The summed E-state index contributed by atoms with van der Waals surface area (Å²) < 4.78 is 6.12. The number of anilines is 3. The Kier molecular flexibility index (Phi) is 5.80. The van der Waals surface area contributed by atoms with Crippen LogP contribution >= 0.6 is 0 Å². The molecule has 1 amide bonds. The van der Waals surface area contributed by atoms with Crippen LogP contribution in [0, 0.1) is 13.8 Å². The first-order valence-electron chi connectivity index (χ1n) is 10.1. The van der Waals surface area contributed by atoms with Crippen molar-refractivity contribution in [1.29, 1.82) is 0 Å². The summed E-state index contributed by atoms with van der Waals surface area (Å²) in [6.07, 6.45) is 1.75. The highest BCUT2D eigenvalue weighted by molar-refractivity contribution is 5.91. The molecule has 2 N–H and O–H groups in total. The van der Waals surface area contributed by atoms with Crippen LogP contribution in [-0.4, -0.2) is 15.9 Å². The summed E-state index contributed by atoms with van der Waals surface area (Å²) in [5, 5.41) is 7.21. The van der Waals surface area contributed by atoms with E-state index < -0.39 is 0 Å². The highest BCUT2D eigenvalue weighted by Gasteiger charge is 2.09. The largest absolute Gasteiger partial charge is 0.487 e. The zero-order valence-electron chi connectivity index (χ0n) is 17.8. The van der Waals surface area contributed by atoms with E-state index in [9.17, 15) is 4.79 Å². The van der Waals surface area contributed by atoms with Gasteiger partial charge in [-0.2, -0.15) is 0 Å². The van der Waals surface area contributed by atoms with Gasteiger partial charge in [-0.1, -0.05) is 18.2 Å². The summed E-state index contributed by atoms with van der Waals surface area (Å²) in [5.41, 5.74) is 6.34. The van der Waals surface area contributed by atoms with Crippen LogP contribution < -0.4 is 15.4 Å². The number of pyridine rings is 2. The third kappa shape index (κ3) is 4.98. The highest BCUT2D eigenvalue weighted by Crippen LogP contribution is 2.32. The molecule has 0 radical (unpaired) electrons. The lowest BCUT2D eigenvalue weighted by Crippen LogP contribution is -2.05. The van der Waals surface area contributed by atoms with Gasteiger partial charge < -0.3 is 15.4 Å². The summed E-state index contributed by atoms with van der Waals surface area (Å²) in [5.74, 6) is 0.662. The van der Waals surface area contributed by atoms with Crippen LogP contribution in [0.4, 0.5) is 17.1 Å². The molecule has 0 atom stereocenters. The van der Waals surface area contributed by atoms with Crippen LogP contribution in [-0.2, 0) is 11.4 Å². The Hall–Kier alpha value is -3.93. The maximum absolute atomic E-state index is 11.2. The number of carbonyl (C=O) groups is 1. The molecule has 0 aliphatic carbocycles. The predicted octanol–water partition coefficient (Wildman–Crippen LogP) is 5.53. The normalized spacial score (nSPS) is 10.7. The number of nitrogens with one attached hydrogen (secondary N) is 2. The van der Waals surface area contributed by atoms with Crippen LogP contribution in [0.3, 0.4) is 0 Å². The van der Waals surface area contributed by atoms with Crippen molar-refractivity contribution in [2.24, 2.45) is 0 Å². The van der Waals surface area contributed by atoms with Gasteiger partial charge >= 0.3 is 0 Å². The Morgan fingerprint density at radius 1 is 0.968 bits per heavy atom. The quantitative estimate of drug-likeness (QED) is 0.436. The third-order valence-corrected chi connectivity index (χ3v) is 4.82. The molecule has 6 heteroatoms. The van der Waals surface area contributed by atoms with Crippen molar-refractivity contribution in [3.8, 4) is 5.75 Å². The first kappa shape index (κ1) is 20.3. The van der Waals surface area contributed by atoms with Crippen LogP contribution in [0.1, 0.15) is 23.7 Å². The third-order valence-electron chi connectivity index (χ3n) is 4.82. The molecule has 4 aromatic rings. The zero-order chi connectivity index (χ0) is 21.8. The molecular weight excluding hydrogens is 388 g/mol. The molecule has 0 spiro atoms. The second-order valence-corrected chi connectivity index (χ2v) is 7.47. The van der Waals surface area contributed by atoms with E-state index in [-0.39, 0.29) is 5.91 Å². The van der Waals surface area contributed by atoms with Crippen molar-refractivity contribution in [3.63, 3.8) is 0 Å². The van der Waals surface area contributed by atoms with E-state index in [1.165, 1.54) is 6.92 Å². The number of hydrogen-bond acceptors (Lipinski definition) is 5. The van der Waals surface area contributed by atoms with Crippen molar-refractivity contribution in [2.75, 3.05) is 10.6 Å². The van der Waals surface area contributed by atoms with E-state index in [1.807, 2.05) is 68.4 Å². The van der Waals surface area contributed by atoms with E-state index in [2.05, 4.69) is 26.7 Å². The number of aromatic nitrogens is 2. The minimum Gasteiger partial charge on any atom is -0.487 e. The van der Waals surface area contributed by atoms with Crippen LogP contribution in [0.15, 0.2) is 66.9 Å². The molecule has 4 rings (SSSR count). The second kappa shape index (κ2) is 8.83. The molecule has 0 unspecified atom stereocenters. The Balaban J connectivity index is 1.55. The maximum Gasteiger partial charge on any atom is 0.221 e. The number of hydrogen-bond donors (Lipinski definition) is 2. The Morgan fingerprint density at radius 2 is 1.77 bits per heavy atom. The fourth-order valence-electron chi connectivity index (χ4n) is 3.29. The molecule has 2 aromatic heterocycles. The Bertz CT molecular complexity index is 1240. The minimum absolute atomic E-state index is 0.0895. The van der Waals surface area contributed by atoms with Crippen LogP contribution in [0.2, 0.25) is 0 Å². The number of nitrogens with zero attached hydrogens (tertiary/aromatic N) is 2. The molecule has 31 heavy (non-hydrogen) atoms. The second-order valence-electron chi connectivity index (χ2n) is 7.47. The SMILES string of the molecule is CC(=O)Nc1ccc(COc2ccc(C)cc2Nc2ccnc3nc(C)ccc23)cc1. The lowest BCUT2D eigenvalue weighted by Gasteiger charge is -2.15. The molecule has 156 valence electrons. The van der Waals surface area contributed by atoms with Gasteiger partial charge in [-0.3, -0.25) is 4.79 Å². The molecule has 6 nitrogen and oxygen atoms in total. The number of fused-ring (bicyclic) bond motifs is 1. The average molecular weight is 412 g/mol. The van der Waals surface area contributed by atoms with Crippen molar-refractivity contribution in [1.82, 2.24) is 9.97 Å². The summed E-state index contributed by atoms with van der Waals surface area (Å²) in [6, 6.07) is 19.6. The van der Waals surface area contributed by atoms with Gasteiger partial charge in [0.2, 0.25) is 5.91 Å². The van der Waals surface area contributed by atoms with E-state index >= 15 is 0 Å². The van der Waals surface area contributed by atoms with Crippen molar-refractivity contribution >= 4 is 34.0 Å². The Labute approximate surface area is 181 Å². The zero-order valence-corrected chi connectivity index (χ0v) is 17.8. The fourth-order valence-corrected chi connectivity index (χ4v) is 3.29. The molecule has 0 aliphatic rings. The van der Waals surface area contributed by atoms with Gasteiger partial charge in [-0.15, -0.1) is 0 Å². The average Bonchev–Trinajstić information content (AvgIpc) is 2.74. The molecule has 0 saturated carbocycles. The van der Waals surface area contributed by atoms with Gasteiger partial charge in [0.25, 0.3) is 0 Å². The smallest absolute Gasteiger partial charge is 0.221 e. The molecule has 2 aromatic carbocycles. The number of ether oxygens (including phenoxy) is 1. The van der Waals surface area contributed by atoms with E-state index in [1.54, 1.807) is 6.20 Å². The van der Waals surface area contributed by atoms with E-state index in [0.29, 0.717) is 12.3 Å². The van der Waals surface area contributed by atoms with Crippen LogP contribution in [0.5, 0.6) is 5.75 Å². The topological polar surface area (TPSA) is 76.1 Å². The van der Waals surface area contributed by atoms with Gasteiger partial charge in [0.05, 0.1) is 11.4 Å². The predicted molar refractivity (Wildman–Crippen MR) is 124 cm³/mol. The van der Waals surface area contributed by atoms with Gasteiger partial charge in [0.15, 0.2) is 5.65 Å². The monoisotopic (exact) mass is 412 g/mol. The molecule has 0 saturated heterocycles. The van der Waals surface area contributed by atoms with Gasteiger partial charge in [-0.25, -0.2) is 9.97 Å². The number of rotatable bonds is 6.